The molecule has 0 aliphatic carbocycles. The number of halogens is 1. The third kappa shape index (κ3) is 6.03. The molecule has 3 rings (SSSR count). The number of hydrogen-bond donors (Lipinski definition) is 1. The largest absolute Gasteiger partial charge is 0.493 e. The predicted molar refractivity (Wildman–Crippen MR) is 123 cm³/mol. The quantitative estimate of drug-likeness (QED) is 0.602. The van der Waals surface area contributed by atoms with E-state index >= 15 is 0 Å². The molecule has 0 aromatic heterocycles. The highest BCUT2D eigenvalue weighted by atomic mass is 32.2. The van der Waals surface area contributed by atoms with Crippen LogP contribution in [0.25, 0.3) is 0 Å². The SMILES string of the molecule is COc1cc(C(=O)N2CCN(S(=O)(=O)c3cccc(F)c3)CC2)ccc1OCC(=O)NC(C)C. The summed E-state index contributed by atoms with van der Waals surface area (Å²) in [6.07, 6.45) is 0. The molecule has 0 spiro atoms. The maximum atomic E-state index is 13.5. The molecule has 0 saturated carbocycles. The highest BCUT2D eigenvalue weighted by molar-refractivity contribution is 7.89. The van der Waals surface area contributed by atoms with Crippen LogP contribution < -0.4 is 14.8 Å². The van der Waals surface area contributed by atoms with E-state index in [1.807, 2.05) is 13.8 Å². The molecule has 0 unspecified atom stereocenters. The number of nitrogens with one attached hydrogen (secondary N) is 1. The molecule has 1 saturated heterocycles. The van der Waals surface area contributed by atoms with Crippen LogP contribution in [0.15, 0.2) is 47.4 Å². The summed E-state index contributed by atoms with van der Waals surface area (Å²) in [6, 6.07) is 9.49. The molecule has 9 nitrogen and oxygen atoms in total. The lowest BCUT2D eigenvalue weighted by Gasteiger charge is -2.34. The third-order valence-electron chi connectivity index (χ3n) is 5.18. The lowest BCUT2D eigenvalue weighted by Crippen LogP contribution is -2.50. The van der Waals surface area contributed by atoms with Gasteiger partial charge in [-0.15, -0.1) is 0 Å². The molecule has 1 heterocycles. The van der Waals surface area contributed by atoms with Gasteiger partial charge in [0.15, 0.2) is 18.1 Å². The molecule has 34 heavy (non-hydrogen) atoms. The fourth-order valence-electron chi connectivity index (χ4n) is 3.52. The van der Waals surface area contributed by atoms with Crippen LogP contribution in [0, 0.1) is 5.82 Å². The van der Waals surface area contributed by atoms with E-state index in [0.29, 0.717) is 17.1 Å². The Morgan fingerprint density at radius 3 is 2.38 bits per heavy atom. The number of carbonyl (C=O) groups is 2. The van der Waals surface area contributed by atoms with Crippen molar-refractivity contribution in [2.24, 2.45) is 0 Å². The number of hydrogen-bond acceptors (Lipinski definition) is 6. The Labute approximate surface area is 198 Å². The molecule has 0 bridgehead atoms. The van der Waals surface area contributed by atoms with Crippen LogP contribution in [-0.2, 0) is 14.8 Å². The summed E-state index contributed by atoms with van der Waals surface area (Å²) in [5, 5.41) is 2.72. The van der Waals surface area contributed by atoms with Crippen molar-refractivity contribution in [3.63, 3.8) is 0 Å². The molecule has 184 valence electrons. The summed E-state index contributed by atoms with van der Waals surface area (Å²) in [5.41, 5.74) is 0.345. The van der Waals surface area contributed by atoms with E-state index < -0.39 is 15.8 Å². The van der Waals surface area contributed by atoms with Gasteiger partial charge >= 0.3 is 0 Å². The molecule has 2 amide bonds. The zero-order chi connectivity index (χ0) is 24.9. The normalized spacial score (nSPS) is 14.7. The summed E-state index contributed by atoms with van der Waals surface area (Å²) < 4.78 is 51.1. The van der Waals surface area contributed by atoms with Crippen LogP contribution in [0.1, 0.15) is 24.2 Å². The summed E-state index contributed by atoms with van der Waals surface area (Å²) in [5.74, 6) is -0.565. The van der Waals surface area contributed by atoms with Crippen molar-refractivity contribution >= 4 is 21.8 Å². The predicted octanol–water partition coefficient (Wildman–Crippen LogP) is 1.88. The van der Waals surface area contributed by atoms with Gasteiger partial charge in [-0.1, -0.05) is 6.07 Å². The number of amides is 2. The molecule has 1 N–H and O–H groups in total. The van der Waals surface area contributed by atoms with Gasteiger partial charge < -0.3 is 19.7 Å². The lowest BCUT2D eigenvalue weighted by atomic mass is 10.1. The van der Waals surface area contributed by atoms with Crippen molar-refractivity contribution in [2.45, 2.75) is 24.8 Å². The van der Waals surface area contributed by atoms with Gasteiger partial charge in [0.2, 0.25) is 10.0 Å². The molecule has 1 aliphatic rings. The highest BCUT2D eigenvalue weighted by Crippen LogP contribution is 2.29. The average Bonchev–Trinajstić information content (AvgIpc) is 2.81. The molecule has 2 aromatic carbocycles. The summed E-state index contributed by atoms with van der Waals surface area (Å²) in [4.78, 5) is 26.2. The molecule has 1 aliphatic heterocycles. The molecule has 0 radical (unpaired) electrons. The Balaban J connectivity index is 1.64. The first-order chi connectivity index (χ1) is 16.1. The van der Waals surface area contributed by atoms with E-state index in [1.165, 1.54) is 35.7 Å². The maximum absolute atomic E-state index is 13.5. The van der Waals surface area contributed by atoms with Gasteiger partial charge in [-0.25, -0.2) is 12.8 Å². The molecule has 2 aromatic rings. The van der Waals surface area contributed by atoms with Crippen LogP contribution in [-0.4, -0.2) is 75.4 Å². The number of sulfonamides is 1. The number of piperazine rings is 1. The summed E-state index contributed by atoms with van der Waals surface area (Å²) in [6.45, 7) is 4.04. The second kappa shape index (κ2) is 10.8. The van der Waals surface area contributed by atoms with Gasteiger partial charge in [-0.3, -0.25) is 9.59 Å². The highest BCUT2D eigenvalue weighted by Gasteiger charge is 2.31. The van der Waals surface area contributed by atoms with Crippen molar-refractivity contribution in [2.75, 3.05) is 39.9 Å². The van der Waals surface area contributed by atoms with E-state index in [4.69, 9.17) is 9.47 Å². The molecule has 0 atom stereocenters. The van der Waals surface area contributed by atoms with Gasteiger partial charge in [0.25, 0.3) is 11.8 Å². The van der Waals surface area contributed by atoms with E-state index in [2.05, 4.69) is 5.32 Å². The number of rotatable bonds is 8. The van der Waals surface area contributed by atoms with E-state index in [9.17, 15) is 22.4 Å². The zero-order valence-corrected chi connectivity index (χ0v) is 20.1. The number of benzene rings is 2. The van der Waals surface area contributed by atoms with Crippen LogP contribution in [0.2, 0.25) is 0 Å². The van der Waals surface area contributed by atoms with Gasteiger partial charge in [-0.2, -0.15) is 4.31 Å². The molecule has 1 fully saturated rings. The fraction of sp³-hybridized carbons (Fsp3) is 0.391. The van der Waals surface area contributed by atoms with Gasteiger partial charge in [0.1, 0.15) is 5.82 Å². The molecular weight excluding hydrogens is 465 g/mol. The fourth-order valence-corrected chi connectivity index (χ4v) is 4.97. The van der Waals surface area contributed by atoms with E-state index in [0.717, 1.165) is 6.07 Å². The van der Waals surface area contributed by atoms with Crippen LogP contribution in [0.3, 0.4) is 0 Å². The summed E-state index contributed by atoms with van der Waals surface area (Å²) in [7, 11) is -2.42. The van der Waals surface area contributed by atoms with E-state index in [-0.39, 0.29) is 55.5 Å². The summed E-state index contributed by atoms with van der Waals surface area (Å²) >= 11 is 0. The minimum Gasteiger partial charge on any atom is -0.493 e. The van der Waals surface area contributed by atoms with Crippen molar-refractivity contribution in [1.82, 2.24) is 14.5 Å². The Morgan fingerprint density at radius 2 is 1.76 bits per heavy atom. The Morgan fingerprint density at radius 1 is 1.06 bits per heavy atom. The van der Waals surface area contributed by atoms with Crippen molar-refractivity contribution in [3.05, 3.63) is 53.8 Å². The monoisotopic (exact) mass is 493 g/mol. The molecular formula is C23H28FN3O6S. The average molecular weight is 494 g/mol. The number of methoxy groups -OCH3 is 1. The van der Waals surface area contributed by atoms with Gasteiger partial charge in [0, 0.05) is 37.8 Å². The zero-order valence-electron chi connectivity index (χ0n) is 19.3. The first-order valence-corrected chi connectivity index (χ1v) is 12.2. The lowest BCUT2D eigenvalue weighted by molar-refractivity contribution is -0.123. The second-order valence-electron chi connectivity index (χ2n) is 8.03. The van der Waals surface area contributed by atoms with Crippen molar-refractivity contribution < 1.29 is 31.9 Å². The second-order valence-corrected chi connectivity index (χ2v) is 9.97. The van der Waals surface area contributed by atoms with Crippen molar-refractivity contribution in [3.8, 4) is 11.5 Å². The van der Waals surface area contributed by atoms with Crippen LogP contribution in [0.5, 0.6) is 11.5 Å². The minimum atomic E-state index is -3.85. The Bertz CT molecular complexity index is 1150. The van der Waals surface area contributed by atoms with Crippen LogP contribution >= 0.6 is 0 Å². The first-order valence-electron chi connectivity index (χ1n) is 10.8. The minimum absolute atomic E-state index is 0.0118. The standard InChI is InChI=1S/C23H28FN3O6S/c1-16(2)25-22(28)15-33-20-8-7-17(13-21(20)32-3)23(29)26-9-11-27(12-10-26)34(30,31)19-6-4-5-18(24)14-19/h4-8,13-14,16H,9-12,15H2,1-3H3,(H,25,28). The van der Waals surface area contributed by atoms with Gasteiger partial charge in [-0.05, 0) is 50.2 Å². The smallest absolute Gasteiger partial charge is 0.258 e. The number of nitrogens with zero attached hydrogens (tertiary/aromatic N) is 2. The Kier molecular flexibility index (Phi) is 8.11. The topological polar surface area (TPSA) is 105 Å². The Hall–Kier alpha value is -3.18. The van der Waals surface area contributed by atoms with Gasteiger partial charge in [0.05, 0.1) is 12.0 Å². The number of ether oxygens (including phenoxy) is 2. The van der Waals surface area contributed by atoms with Crippen molar-refractivity contribution in [1.29, 1.82) is 0 Å². The maximum Gasteiger partial charge on any atom is 0.258 e. The molecule has 11 heteroatoms. The van der Waals surface area contributed by atoms with E-state index in [1.54, 1.807) is 17.0 Å². The number of carbonyl (C=O) groups excluding carboxylic acids is 2. The van der Waals surface area contributed by atoms with Crippen LogP contribution in [0.4, 0.5) is 4.39 Å². The third-order valence-corrected chi connectivity index (χ3v) is 7.07. The first kappa shape index (κ1) is 25.4.